The van der Waals surface area contributed by atoms with Crippen LogP contribution in [0.25, 0.3) is 0 Å². The maximum absolute atomic E-state index is 12.8. The third-order valence-corrected chi connectivity index (χ3v) is 2.83. The number of ether oxygens (including phenoxy) is 1. The van der Waals surface area contributed by atoms with Gasteiger partial charge in [-0.15, -0.1) is 0 Å². The van der Waals surface area contributed by atoms with Gasteiger partial charge in [0.15, 0.2) is 0 Å². The Morgan fingerprint density at radius 2 is 1.48 bits per heavy atom. The van der Waals surface area contributed by atoms with Gasteiger partial charge in [0.05, 0.1) is 23.8 Å². The van der Waals surface area contributed by atoms with Crippen molar-refractivity contribution in [1.29, 1.82) is 0 Å². The summed E-state index contributed by atoms with van der Waals surface area (Å²) in [4.78, 5) is 11.4. The highest BCUT2D eigenvalue weighted by molar-refractivity contribution is 5.67. The number of hydrogen-bond donors (Lipinski definition) is 2. The van der Waals surface area contributed by atoms with Gasteiger partial charge in [0.2, 0.25) is 0 Å². The minimum atomic E-state index is -5.02. The predicted molar refractivity (Wildman–Crippen MR) is 75.6 cm³/mol. The van der Waals surface area contributed by atoms with Crippen LogP contribution in [0.1, 0.15) is 43.6 Å². The summed E-state index contributed by atoms with van der Waals surface area (Å²) >= 11 is 0. The molecular weight excluding hydrogens is 356 g/mol. The van der Waals surface area contributed by atoms with Crippen molar-refractivity contribution in [1.82, 2.24) is 5.32 Å². The molecule has 0 heterocycles. The van der Waals surface area contributed by atoms with Gasteiger partial charge in [0.1, 0.15) is 5.60 Å². The normalized spacial score (nSPS) is 14.2. The lowest BCUT2D eigenvalue weighted by molar-refractivity contribution is -0.143. The van der Waals surface area contributed by atoms with Gasteiger partial charge in [0, 0.05) is 0 Å². The molecule has 0 saturated carbocycles. The average Bonchev–Trinajstić information content (AvgIpc) is 2.40. The van der Waals surface area contributed by atoms with E-state index in [-0.39, 0.29) is 6.07 Å². The summed E-state index contributed by atoms with van der Waals surface area (Å²) in [5.41, 5.74) is -4.57. The van der Waals surface area contributed by atoms with E-state index in [1.165, 1.54) is 0 Å². The zero-order valence-corrected chi connectivity index (χ0v) is 13.5. The maximum Gasteiger partial charge on any atom is 0.416 e. The van der Waals surface area contributed by atoms with E-state index in [0.717, 1.165) is 0 Å². The third-order valence-electron chi connectivity index (χ3n) is 2.83. The number of aliphatic hydroxyl groups excluding tert-OH is 1. The van der Waals surface area contributed by atoms with E-state index in [2.05, 4.69) is 5.32 Å². The number of carbonyl (C=O) groups is 1. The second-order valence-corrected chi connectivity index (χ2v) is 6.24. The van der Waals surface area contributed by atoms with Crippen LogP contribution in [-0.2, 0) is 17.1 Å². The van der Waals surface area contributed by atoms with Crippen molar-refractivity contribution in [2.45, 2.75) is 44.8 Å². The zero-order chi connectivity index (χ0) is 19.6. The first-order valence-electron chi connectivity index (χ1n) is 7.04. The Morgan fingerprint density at radius 3 is 1.84 bits per heavy atom. The monoisotopic (exact) mass is 373 g/mol. The van der Waals surface area contributed by atoms with Crippen LogP contribution in [0.4, 0.5) is 31.1 Å². The smallest absolute Gasteiger partial charge is 0.416 e. The fraction of sp³-hybridized carbons (Fsp3) is 0.533. The van der Waals surface area contributed by atoms with Gasteiger partial charge in [-0.2, -0.15) is 26.3 Å². The van der Waals surface area contributed by atoms with Crippen LogP contribution in [0.15, 0.2) is 18.2 Å². The molecule has 0 aromatic heterocycles. The molecule has 25 heavy (non-hydrogen) atoms. The number of halogens is 6. The molecule has 0 saturated heterocycles. The molecule has 0 aliphatic rings. The maximum atomic E-state index is 12.8. The van der Waals surface area contributed by atoms with E-state index in [1.54, 1.807) is 20.8 Å². The van der Waals surface area contributed by atoms with Crippen molar-refractivity contribution < 1.29 is 41.0 Å². The van der Waals surface area contributed by atoms with Crippen molar-refractivity contribution in [3.8, 4) is 0 Å². The molecule has 1 rings (SSSR count). The van der Waals surface area contributed by atoms with Crippen LogP contribution in [0.5, 0.6) is 0 Å². The van der Waals surface area contributed by atoms with Gasteiger partial charge in [-0.1, -0.05) is 0 Å². The number of hydrogen-bond acceptors (Lipinski definition) is 3. The van der Waals surface area contributed by atoms with Crippen molar-refractivity contribution >= 4 is 6.09 Å². The van der Waals surface area contributed by atoms with Crippen molar-refractivity contribution in [3.63, 3.8) is 0 Å². The third kappa shape index (κ3) is 6.81. The summed E-state index contributed by atoms with van der Waals surface area (Å²) in [6, 6.07) is 0.755. The van der Waals surface area contributed by atoms with Crippen molar-refractivity contribution in [2.24, 2.45) is 0 Å². The molecule has 142 valence electrons. The minimum Gasteiger partial charge on any atom is -0.444 e. The Hall–Kier alpha value is -1.97. The second-order valence-electron chi connectivity index (χ2n) is 6.24. The molecule has 0 radical (unpaired) electrons. The van der Waals surface area contributed by atoms with Gasteiger partial charge in [-0.25, -0.2) is 4.79 Å². The molecule has 1 aromatic rings. The Kier molecular flexibility index (Phi) is 5.99. The number of alkyl halides is 6. The summed E-state index contributed by atoms with van der Waals surface area (Å²) in [5, 5.41) is 11.9. The first-order valence-corrected chi connectivity index (χ1v) is 7.04. The van der Waals surface area contributed by atoms with Crippen LogP contribution in [0, 0.1) is 0 Å². The number of alkyl carbamates (subject to hydrolysis) is 1. The van der Waals surface area contributed by atoms with Gasteiger partial charge in [-0.3, -0.25) is 0 Å². The molecule has 0 aliphatic heterocycles. The quantitative estimate of drug-likeness (QED) is 0.778. The Bertz CT molecular complexity index is 587. The second kappa shape index (κ2) is 7.11. The largest absolute Gasteiger partial charge is 0.444 e. The molecule has 1 unspecified atom stereocenters. The lowest BCUT2D eigenvalue weighted by Gasteiger charge is -2.21. The summed E-state index contributed by atoms with van der Waals surface area (Å²) < 4.78 is 81.4. The molecule has 0 bridgehead atoms. The molecule has 1 amide bonds. The van der Waals surface area contributed by atoms with Gasteiger partial charge < -0.3 is 15.2 Å². The summed E-state index contributed by atoms with van der Waals surface area (Å²) in [6.07, 6.45) is -12.8. The first-order chi connectivity index (χ1) is 11.1. The molecule has 1 atom stereocenters. The molecule has 4 nitrogen and oxygen atoms in total. The molecule has 0 fully saturated rings. The highest BCUT2D eigenvalue weighted by Gasteiger charge is 2.37. The van der Waals surface area contributed by atoms with E-state index in [1.807, 2.05) is 0 Å². The van der Waals surface area contributed by atoms with Crippen LogP contribution in [-0.4, -0.2) is 23.3 Å². The van der Waals surface area contributed by atoms with Crippen LogP contribution >= 0.6 is 0 Å². The molecule has 1 aromatic carbocycles. The lowest BCUT2D eigenvalue weighted by atomic mass is 10.0. The predicted octanol–water partition coefficient (Wildman–Crippen LogP) is 4.28. The minimum absolute atomic E-state index is 0.0441. The van der Waals surface area contributed by atoms with Gasteiger partial charge >= 0.3 is 18.4 Å². The van der Waals surface area contributed by atoms with Crippen molar-refractivity contribution in [3.05, 3.63) is 34.9 Å². The summed E-state index contributed by atoms with van der Waals surface area (Å²) in [5.74, 6) is 0. The van der Waals surface area contributed by atoms with Crippen LogP contribution < -0.4 is 5.32 Å². The SMILES string of the molecule is CC(C)(C)OC(=O)NCC(O)c1cc(C(F)(F)F)cc(C(F)(F)F)c1. The van der Waals surface area contributed by atoms with Gasteiger partial charge in [0.25, 0.3) is 0 Å². The highest BCUT2D eigenvalue weighted by atomic mass is 19.4. The number of benzene rings is 1. The van der Waals surface area contributed by atoms with E-state index in [9.17, 15) is 36.2 Å². The summed E-state index contributed by atoms with van der Waals surface area (Å²) in [6.45, 7) is 4.07. The standard InChI is InChI=1S/C15H17F6NO3/c1-13(2,3)25-12(24)22-7-11(23)8-4-9(14(16,17)18)6-10(5-8)15(19,20)21/h4-6,11,23H,7H2,1-3H3,(H,22,24). The number of rotatable bonds is 3. The van der Waals surface area contributed by atoms with Gasteiger partial charge in [-0.05, 0) is 44.5 Å². The van der Waals surface area contributed by atoms with Crippen LogP contribution in [0.3, 0.4) is 0 Å². The van der Waals surface area contributed by atoms with Crippen molar-refractivity contribution in [2.75, 3.05) is 6.54 Å². The Balaban J connectivity index is 3.01. The lowest BCUT2D eigenvalue weighted by Crippen LogP contribution is -2.34. The topological polar surface area (TPSA) is 58.6 Å². The number of nitrogens with one attached hydrogen (secondary N) is 1. The number of carbonyl (C=O) groups excluding carboxylic acids is 1. The molecule has 2 N–H and O–H groups in total. The number of amides is 1. The first kappa shape index (κ1) is 21.1. The highest BCUT2D eigenvalue weighted by Crippen LogP contribution is 2.37. The number of aliphatic hydroxyl groups is 1. The van der Waals surface area contributed by atoms with Crippen LogP contribution in [0.2, 0.25) is 0 Å². The fourth-order valence-electron chi connectivity index (χ4n) is 1.78. The summed E-state index contributed by atoms with van der Waals surface area (Å²) in [7, 11) is 0. The van der Waals surface area contributed by atoms with E-state index >= 15 is 0 Å². The Labute approximate surface area is 139 Å². The molecule has 0 spiro atoms. The fourth-order valence-corrected chi connectivity index (χ4v) is 1.78. The van der Waals surface area contributed by atoms with E-state index in [4.69, 9.17) is 4.74 Å². The Morgan fingerprint density at radius 1 is 1.04 bits per heavy atom. The molecular formula is C15H17F6NO3. The van der Waals surface area contributed by atoms with E-state index < -0.39 is 53.4 Å². The molecule has 10 heteroatoms. The zero-order valence-electron chi connectivity index (χ0n) is 13.5. The molecule has 0 aliphatic carbocycles. The van der Waals surface area contributed by atoms with E-state index in [0.29, 0.717) is 12.1 Å². The average molecular weight is 373 g/mol.